The van der Waals surface area contributed by atoms with Crippen LogP contribution in [-0.4, -0.2) is 37.3 Å². The minimum Gasteiger partial charge on any atom is -0.313 e. The number of aryl methyl sites for hydroxylation is 2. The molecule has 0 radical (unpaired) electrons. The number of aromatic nitrogens is 1. The summed E-state index contributed by atoms with van der Waals surface area (Å²) in [5.41, 5.74) is 3.24. The van der Waals surface area contributed by atoms with E-state index in [0.29, 0.717) is 24.5 Å². The van der Waals surface area contributed by atoms with E-state index < -0.39 is 10.0 Å². The summed E-state index contributed by atoms with van der Waals surface area (Å²) in [6.07, 6.45) is 5.20. The molecule has 0 bridgehead atoms. The molecule has 1 saturated heterocycles. The van der Waals surface area contributed by atoms with E-state index in [1.807, 2.05) is 24.3 Å². The van der Waals surface area contributed by atoms with Crippen LogP contribution in [0.5, 0.6) is 0 Å². The molecule has 0 saturated carbocycles. The standard InChI is InChI=1S/C19H25N3O2S.ClH/c1-3-15-7-8-18(12-16(15)4-2)25(23,24)22-11-10-21-14-19(22)17-6-5-9-20-13-17;/h5-9,12-13,19,21H,3-4,10-11,14H2,1-2H3;1H. The molecule has 1 unspecified atom stereocenters. The van der Waals surface area contributed by atoms with Gasteiger partial charge in [-0.05, 0) is 47.7 Å². The molecule has 1 aromatic heterocycles. The molecule has 1 aliphatic rings. The van der Waals surface area contributed by atoms with Crippen molar-refractivity contribution in [2.45, 2.75) is 37.6 Å². The number of sulfonamides is 1. The largest absolute Gasteiger partial charge is 0.313 e. The van der Waals surface area contributed by atoms with Gasteiger partial charge < -0.3 is 5.32 Å². The number of pyridine rings is 1. The van der Waals surface area contributed by atoms with E-state index in [-0.39, 0.29) is 18.4 Å². The lowest BCUT2D eigenvalue weighted by Gasteiger charge is -2.35. The van der Waals surface area contributed by atoms with Crippen LogP contribution < -0.4 is 5.32 Å². The fourth-order valence-corrected chi connectivity index (χ4v) is 5.07. The topological polar surface area (TPSA) is 62.3 Å². The first-order valence-corrected chi connectivity index (χ1v) is 10.3. The van der Waals surface area contributed by atoms with E-state index in [2.05, 4.69) is 24.1 Å². The summed E-state index contributed by atoms with van der Waals surface area (Å²) < 4.78 is 28.2. The van der Waals surface area contributed by atoms with Gasteiger partial charge in [0, 0.05) is 32.0 Å². The normalized spacial score (nSPS) is 18.3. The van der Waals surface area contributed by atoms with Crippen molar-refractivity contribution in [1.29, 1.82) is 0 Å². The molecule has 142 valence electrons. The zero-order valence-electron chi connectivity index (χ0n) is 15.2. The number of hydrogen-bond donors (Lipinski definition) is 1. The van der Waals surface area contributed by atoms with Crippen LogP contribution in [0, 0.1) is 0 Å². The van der Waals surface area contributed by atoms with Crippen LogP contribution in [0.1, 0.15) is 36.6 Å². The number of hydrogen-bond acceptors (Lipinski definition) is 4. The molecule has 5 nitrogen and oxygen atoms in total. The summed E-state index contributed by atoms with van der Waals surface area (Å²) in [5.74, 6) is 0. The molecule has 0 aliphatic carbocycles. The monoisotopic (exact) mass is 395 g/mol. The Bertz CT molecular complexity index is 828. The fourth-order valence-electron chi connectivity index (χ4n) is 3.40. The van der Waals surface area contributed by atoms with E-state index >= 15 is 0 Å². The van der Waals surface area contributed by atoms with E-state index in [9.17, 15) is 8.42 Å². The average Bonchev–Trinajstić information content (AvgIpc) is 2.68. The van der Waals surface area contributed by atoms with Crippen molar-refractivity contribution in [3.05, 3.63) is 59.4 Å². The van der Waals surface area contributed by atoms with Gasteiger partial charge in [-0.3, -0.25) is 4.98 Å². The minimum absolute atomic E-state index is 0. The molecule has 2 aromatic rings. The zero-order chi connectivity index (χ0) is 17.9. The van der Waals surface area contributed by atoms with E-state index in [4.69, 9.17) is 0 Å². The lowest BCUT2D eigenvalue weighted by Crippen LogP contribution is -2.48. The maximum Gasteiger partial charge on any atom is 0.243 e. The molecule has 1 aliphatic heterocycles. The Morgan fingerprint density at radius 2 is 1.96 bits per heavy atom. The maximum absolute atomic E-state index is 13.3. The lowest BCUT2D eigenvalue weighted by molar-refractivity contribution is 0.271. The molecule has 26 heavy (non-hydrogen) atoms. The first kappa shape index (κ1) is 20.8. The van der Waals surface area contributed by atoms with Crippen molar-refractivity contribution in [3.63, 3.8) is 0 Å². The van der Waals surface area contributed by atoms with Gasteiger partial charge in [0.15, 0.2) is 0 Å². The molecule has 1 fully saturated rings. The Balaban J connectivity index is 0.00000243. The van der Waals surface area contributed by atoms with Gasteiger partial charge in [0.2, 0.25) is 10.0 Å². The van der Waals surface area contributed by atoms with Crippen LogP contribution in [0.3, 0.4) is 0 Å². The van der Waals surface area contributed by atoms with Gasteiger partial charge in [-0.25, -0.2) is 8.42 Å². The van der Waals surface area contributed by atoms with Gasteiger partial charge in [0.1, 0.15) is 0 Å². The smallest absolute Gasteiger partial charge is 0.243 e. The van der Waals surface area contributed by atoms with Gasteiger partial charge in [-0.2, -0.15) is 4.31 Å². The number of piperazine rings is 1. The molecule has 0 spiro atoms. The quantitative estimate of drug-likeness (QED) is 0.845. The maximum atomic E-state index is 13.3. The van der Waals surface area contributed by atoms with Crippen molar-refractivity contribution >= 4 is 22.4 Å². The molecule has 1 N–H and O–H groups in total. The number of rotatable bonds is 5. The Kier molecular flexibility index (Phi) is 7.17. The summed E-state index contributed by atoms with van der Waals surface area (Å²) in [5, 5.41) is 3.29. The third-order valence-electron chi connectivity index (χ3n) is 4.81. The third kappa shape index (κ3) is 4.09. The van der Waals surface area contributed by atoms with Crippen molar-refractivity contribution in [2.24, 2.45) is 0 Å². The fraction of sp³-hybridized carbons (Fsp3) is 0.421. The molecular weight excluding hydrogens is 370 g/mol. The average molecular weight is 396 g/mol. The van der Waals surface area contributed by atoms with Crippen LogP contribution in [0.25, 0.3) is 0 Å². The molecule has 2 heterocycles. The molecule has 1 aromatic carbocycles. The number of benzene rings is 1. The van der Waals surface area contributed by atoms with Gasteiger partial charge in [0.05, 0.1) is 10.9 Å². The highest BCUT2D eigenvalue weighted by Crippen LogP contribution is 2.29. The molecular formula is C19H26ClN3O2S. The SMILES string of the molecule is CCc1ccc(S(=O)(=O)N2CCNCC2c2cccnc2)cc1CC.Cl. The molecule has 1 atom stereocenters. The first-order chi connectivity index (χ1) is 12.1. The summed E-state index contributed by atoms with van der Waals surface area (Å²) in [6.45, 7) is 5.87. The molecule has 7 heteroatoms. The number of nitrogens with one attached hydrogen (secondary N) is 1. The Labute approximate surface area is 162 Å². The highest BCUT2D eigenvalue weighted by molar-refractivity contribution is 7.89. The van der Waals surface area contributed by atoms with Crippen molar-refractivity contribution in [3.8, 4) is 0 Å². The van der Waals surface area contributed by atoms with Crippen LogP contribution >= 0.6 is 12.4 Å². The van der Waals surface area contributed by atoms with Gasteiger partial charge in [-0.1, -0.05) is 26.0 Å². The first-order valence-electron chi connectivity index (χ1n) is 8.82. The van der Waals surface area contributed by atoms with Crippen LogP contribution in [0.15, 0.2) is 47.6 Å². The van der Waals surface area contributed by atoms with Crippen molar-refractivity contribution in [1.82, 2.24) is 14.6 Å². The van der Waals surface area contributed by atoms with E-state index in [1.165, 1.54) is 5.56 Å². The Morgan fingerprint density at radius 1 is 1.19 bits per heavy atom. The predicted octanol–water partition coefficient (Wildman–Crippen LogP) is 2.96. The highest BCUT2D eigenvalue weighted by atomic mass is 35.5. The van der Waals surface area contributed by atoms with Gasteiger partial charge in [0.25, 0.3) is 0 Å². The predicted molar refractivity (Wildman–Crippen MR) is 106 cm³/mol. The third-order valence-corrected chi connectivity index (χ3v) is 6.71. The van der Waals surface area contributed by atoms with Gasteiger partial charge >= 0.3 is 0 Å². The second-order valence-electron chi connectivity index (χ2n) is 6.26. The van der Waals surface area contributed by atoms with Gasteiger partial charge in [-0.15, -0.1) is 12.4 Å². The van der Waals surface area contributed by atoms with Crippen molar-refractivity contribution in [2.75, 3.05) is 19.6 Å². The highest BCUT2D eigenvalue weighted by Gasteiger charge is 2.34. The van der Waals surface area contributed by atoms with Crippen molar-refractivity contribution < 1.29 is 8.42 Å². The number of halogens is 1. The van der Waals surface area contributed by atoms with E-state index in [1.54, 1.807) is 22.8 Å². The summed E-state index contributed by atoms with van der Waals surface area (Å²) in [6, 6.07) is 9.09. The Hall–Kier alpha value is -1.47. The minimum atomic E-state index is -3.55. The van der Waals surface area contributed by atoms with Crippen LogP contribution in [0.2, 0.25) is 0 Å². The molecule has 0 amide bonds. The molecule has 3 rings (SSSR count). The van der Waals surface area contributed by atoms with Crippen LogP contribution in [-0.2, 0) is 22.9 Å². The lowest BCUT2D eigenvalue weighted by atomic mass is 10.0. The summed E-state index contributed by atoms with van der Waals surface area (Å²) >= 11 is 0. The summed E-state index contributed by atoms with van der Waals surface area (Å²) in [4.78, 5) is 4.54. The van der Waals surface area contributed by atoms with Crippen LogP contribution in [0.4, 0.5) is 0 Å². The second-order valence-corrected chi connectivity index (χ2v) is 8.15. The Morgan fingerprint density at radius 3 is 2.62 bits per heavy atom. The van der Waals surface area contributed by atoms with E-state index in [0.717, 1.165) is 24.0 Å². The summed E-state index contributed by atoms with van der Waals surface area (Å²) in [7, 11) is -3.55. The number of nitrogens with zero attached hydrogens (tertiary/aromatic N) is 2. The second kappa shape index (κ2) is 8.95. The zero-order valence-corrected chi connectivity index (χ0v) is 16.8.